The average molecular weight is 374 g/mol. The fourth-order valence-electron chi connectivity index (χ4n) is 0. The Hall–Kier alpha value is 0.862. The molecule has 0 aromatic carbocycles. The summed E-state index contributed by atoms with van der Waals surface area (Å²) in [6, 6.07) is 0. The average Bonchev–Trinajstić information content (AvgIpc) is 0.811. The van der Waals surface area contributed by atoms with E-state index in [4.69, 9.17) is 15.3 Å². The second-order valence-electron chi connectivity index (χ2n) is 0.224. The van der Waals surface area contributed by atoms with Crippen molar-refractivity contribution in [3.05, 3.63) is 15.3 Å². The van der Waals surface area contributed by atoms with Gasteiger partial charge < -0.3 is 15.3 Å². The molecule has 36 valence electrons. The van der Waals surface area contributed by atoms with Crippen molar-refractivity contribution in [2.45, 2.75) is 0 Å². The van der Waals surface area contributed by atoms with E-state index in [1.807, 2.05) is 0 Å². The van der Waals surface area contributed by atoms with Gasteiger partial charge in [-0.15, -0.1) is 0 Å². The minimum absolute atomic E-state index is 0. The predicted octanol–water partition coefficient (Wildman–Crippen LogP) is -0.622. The molecule has 0 unspecified atom stereocenters. The number of hydrogen-bond acceptors (Lipinski definition) is 3. The molecule has 0 saturated heterocycles. The van der Waals surface area contributed by atoms with Gasteiger partial charge in [0.05, 0.1) is 5.09 Å². The Balaban J connectivity index is -0.0000000450. The normalized spacial score (nSPS) is 4.00. The molecule has 0 heterocycles. The zero-order valence-electron chi connectivity index (χ0n) is 2.55. The van der Waals surface area contributed by atoms with Gasteiger partial charge in [-0.3, -0.25) is 0 Å². The number of rotatable bonds is 0. The van der Waals surface area contributed by atoms with Gasteiger partial charge in [-0.1, -0.05) is 0 Å². The molecule has 6 heavy (non-hydrogen) atoms. The van der Waals surface area contributed by atoms with Gasteiger partial charge in [0.1, 0.15) is 0 Å². The van der Waals surface area contributed by atoms with Gasteiger partial charge in [-0.2, -0.15) is 0 Å². The van der Waals surface area contributed by atoms with Crippen molar-refractivity contribution in [1.82, 2.24) is 0 Å². The summed E-state index contributed by atoms with van der Waals surface area (Å²) in [5.74, 6) is 0. The zero-order valence-corrected chi connectivity index (χ0v) is 8.52. The van der Waals surface area contributed by atoms with E-state index in [1.165, 1.54) is 0 Å². The SMILES string of the molecule is O=[N+]([O-])[O-].[Ag+].[Tl+]. The molecule has 4 nitrogen and oxygen atoms in total. The van der Waals surface area contributed by atoms with E-state index in [0.29, 0.717) is 0 Å². The van der Waals surface area contributed by atoms with E-state index in [0.717, 1.165) is 0 Å². The molecule has 0 aromatic rings. The van der Waals surface area contributed by atoms with Crippen molar-refractivity contribution in [2.75, 3.05) is 0 Å². The molecule has 0 radical (unpaired) electrons. The molecule has 0 aliphatic heterocycles. The Morgan fingerprint density at radius 3 is 1.33 bits per heavy atom. The van der Waals surface area contributed by atoms with Crippen LogP contribution in [0.2, 0.25) is 0 Å². The molecule has 0 rings (SSSR count). The minimum atomic E-state index is -1.75. The molecule has 0 atom stereocenters. The van der Waals surface area contributed by atoms with Gasteiger partial charge in [0.15, 0.2) is 0 Å². The van der Waals surface area contributed by atoms with Gasteiger partial charge in [0.2, 0.25) is 0 Å². The Morgan fingerprint density at radius 2 is 1.33 bits per heavy atom. The van der Waals surface area contributed by atoms with Gasteiger partial charge in [0.25, 0.3) is 0 Å². The molecule has 0 aliphatic carbocycles. The van der Waals surface area contributed by atoms with Crippen LogP contribution in [0, 0.1) is 15.3 Å². The molecule has 0 bridgehead atoms. The van der Waals surface area contributed by atoms with E-state index >= 15 is 0 Å². The van der Waals surface area contributed by atoms with Gasteiger partial charge in [-0.25, -0.2) is 0 Å². The van der Waals surface area contributed by atoms with Crippen molar-refractivity contribution < 1.29 is 27.5 Å². The smallest absolute Gasteiger partial charge is 0.356 e. The third kappa shape index (κ3) is 97.5. The van der Waals surface area contributed by atoms with Gasteiger partial charge in [-0.05, 0) is 0 Å². The minimum Gasteiger partial charge on any atom is -0.356 e. The van der Waals surface area contributed by atoms with Gasteiger partial charge >= 0.3 is 49.7 Å². The van der Waals surface area contributed by atoms with E-state index in [1.54, 1.807) is 0 Å². The summed E-state index contributed by atoms with van der Waals surface area (Å²) in [6.45, 7) is 0. The van der Waals surface area contributed by atoms with E-state index in [2.05, 4.69) is 0 Å². The molecular weight excluding hydrogens is 374 g/mol. The second-order valence-corrected chi connectivity index (χ2v) is 0.224. The Morgan fingerprint density at radius 1 is 1.33 bits per heavy atom. The Kier molecular flexibility index (Phi) is 24.5. The van der Waals surface area contributed by atoms with Crippen LogP contribution in [0.3, 0.4) is 0 Å². The fraction of sp³-hybridized carbons (Fsp3) is 0. The van der Waals surface area contributed by atoms with Crippen LogP contribution < -0.4 is 0 Å². The summed E-state index contributed by atoms with van der Waals surface area (Å²) in [4.78, 5) is 8.25. The summed E-state index contributed by atoms with van der Waals surface area (Å²) in [5.41, 5.74) is 0. The standard InChI is InChI=1S/Ag.NO3.Tl/c;2-1(3)4;/q+1;-1;+1. The Bertz CT molecular complexity index is 33.8. The van der Waals surface area contributed by atoms with Crippen LogP contribution in [0.5, 0.6) is 0 Å². The van der Waals surface area contributed by atoms with E-state index < -0.39 is 5.09 Å². The molecular formula is AgNO3Tl+. The van der Waals surface area contributed by atoms with Crippen LogP contribution in [0.4, 0.5) is 0 Å². The maximum atomic E-state index is 8.25. The maximum absolute atomic E-state index is 8.25. The molecule has 0 aliphatic rings. The summed E-state index contributed by atoms with van der Waals surface area (Å²) < 4.78 is 0. The monoisotopic (exact) mass is 374 g/mol. The summed E-state index contributed by atoms with van der Waals surface area (Å²) >= 11 is 0. The molecule has 0 amide bonds. The molecule has 0 saturated carbocycles. The molecule has 0 fully saturated rings. The van der Waals surface area contributed by atoms with Crippen molar-refractivity contribution in [3.8, 4) is 0 Å². The predicted molar refractivity (Wildman–Crippen MR) is 16.1 cm³/mol. The largest absolute Gasteiger partial charge is 1.00 e. The number of nitrogens with zero attached hydrogens (tertiary/aromatic N) is 1. The van der Waals surface area contributed by atoms with Crippen LogP contribution in [0.1, 0.15) is 0 Å². The summed E-state index contributed by atoms with van der Waals surface area (Å²) in [5, 5.41) is 14.8. The zero-order chi connectivity index (χ0) is 3.58. The van der Waals surface area contributed by atoms with Crippen molar-refractivity contribution in [2.24, 2.45) is 0 Å². The number of hydrogen-bond donors (Lipinski definition) is 0. The molecule has 0 aromatic heterocycles. The third-order valence-electron chi connectivity index (χ3n) is 0. The maximum Gasteiger partial charge on any atom is 1.00 e. The first-order chi connectivity index (χ1) is 1.73. The van der Waals surface area contributed by atoms with Crippen LogP contribution >= 0.6 is 0 Å². The Labute approximate surface area is 69.7 Å². The molecule has 0 spiro atoms. The van der Waals surface area contributed by atoms with E-state index in [-0.39, 0.29) is 49.7 Å². The fourth-order valence-corrected chi connectivity index (χ4v) is 0. The van der Waals surface area contributed by atoms with Crippen LogP contribution in [0.25, 0.3) is 0 Å². The van der Waals surface area contributed by atoms with Crippen LogP contribution in [-0.2, 0) is 22.4 Å². The van der Waals surface area contributed by atoms with Crippen LogP contribution in [0.15, 0.2) is 0 Å². The summed E-state index contributed by atoms with van der Waals surface area (Å²) in [7, 11) is 0. The first-order valence-corrected chi connectivity index (χ1v) is 0.548. The molecule has 0 N–H and O–H groups in total. The van der Waals surface area contributed by atoms with Gasteiger partial charge in [0, 0.05) is 0 Å². The second kappa shape index (κ2) is 9.29. The quantitative estimate of drug-likeness (QED) is 0.323. The van der Waals surface area contributed by atoms with Crippen LogP contribution in [-0.4, -0.2) is 32.4 Å². The first-order valence-electron chi connectivity index (χ1n) is 0.548. The van der Waals surface area contributed by atoms with Crippen molar-refractivity contribution in [1.29, 1.82) is 0 Å². The first kappa shape index (κ1) is 15.8. The molecule has 6 heteroatoms. The summed E-state index contributed by atoms with van der Waals surface area (Å²) in [6.07, 6.45) is 0. The third-order valence-corrected chi connectivity index (χ3v) is 0. The van der Waals surface area contributed by atoms with Crippen molar-refractivity contribution in [3.63, 3.8) is 0 Å². The van der Waals surface area contributed by atoms with Crippen molar-refractivity contribution >= 4 is 27.3 Å². The topological polar surface area (TPSA) is 66.2 Å². The van der Waals surface area contributed by atoms with E-state index in [9.17, 15) is 0 Å².